The summed E-state index contributed by atoms with van der Waals surface area (Å²) >= 11 is 0. The third kappa shape index (κ3) is 2.05. The minimum atomic E-state index is -0.773. The predicted molar refractivity (Wildman–Crippen MR) is 74.2 cm³/mol. The predicted octanol–water partition coefficient (Wildman–Crippen LogP) is 1.68. The summed E-state index contributed by atoms with van der Waals surface area (Å²) in [4.78, 5) is 22.9. The van der Waals surface area contributed by atoms with Crippen LogP contribution in [0.4, 0.5) is 0 Å². The molecule has 0 aliphatic heterocycles. The van der Waals surface area contributed by atoms with Crippen LogP contribution < -0.4 is 5.69 Å². The Bertz CT molecular complexity index is 723. The van der Waals surface area contributed by atoms with Gasteiger partial charge in [-0.25, -0.2) is 4.79 Å². The van der Waals surface area contributed by atoms with E-state index in [0.29, 0.717) is 0 Å². The number of aromatic nitrogens is 2. The molecule has 0 radical (unpaired) electrons. The molecular weight excluding hydrogens is 256 g/mol. The maximum absolute atomic E-state index is 12.0. The van der Waals surface area contributed by atoms with Crippen LogP contribution in [0.5, 0.6) is 0 Å². The van der Waals surface area contributed by atoms with E-state index in [4.69, 9.17) is 5.11 Å². The summed E-state index contributed by atoms with van der Waals surface area (Å²) in [6.45, 7) is 0. The Morgan fingerprint density at radius 2 is 2.10 bits per heavy atom. The monoisotopic (exact) mass is 272 g/mol. The van der Waals surface area contributed by atoms with E-state index in [-0.39, 0.29) is 17.5 Å². The van der Waals surface area contributed by atoms with Crippen molar-refractivity contribution in [2.45, 2.75) is 24.7 Å². The number of aliphatic carboxylic acids is 1. The van der Waals surface area contributed by atoms with Crippen molar-refractivity contribution in [1.82, 2.24) is 9.13 Å². The summed E-state index contributed by atoms with van der Waals surface area (Å²) in [5, 5.41) is 9.03. The number of hydrogen-bond acceptors (Lipinski definition) is 2. The average molecular weight is 272 g/mol. The molecule has 2 aromatic rings. The molecule has 1 aliphatic carbocycles. The van der Waals surface area contributed by atoms with Crippen LogP contribution in [0.3, 0.4) is 0 Å². The Morgan fingerprint density at radius 3 is 2.65 bits per heavy atom. The van der Waals surface area contributed by atoms with Gasteiger partial charge in [-0.2, -0.15) is 0 Å². The Hall–Kier alpha value is -2.30. The van der Waals surface area contributed by atoms with Crippen LogP contribution >= 0.6 is 0 Å². The number of benzene rings is 1. The lowest BCUT2D eigenvalue weighted by molar-refractivity contribution is -0.137. The Kier molecular flexibility index (Phi) is 2.78. The summed E-state index contributed by atoms with van der Waals surface area (Å²) in [7, 11) is 1.70. The Balaban J connectivity index is 2.01. The van der Waals surface area contributed by atoms with Crippen molar-refractivity contribution in [2.24, 2.45) is 7.05 Å². The molecule has 0 unspecified atom stereocenters. The number of carbonyl (C=O) groups is 1. The highest BCUT2D eigenvalue weighted by Gasteiger charge is 2.46. The molecular formula is C15H16N2O3. The molecule has 20 heavy (non-hydrogen) atoms. The van der Waals surface area contributed by atoms with Gasteiger partial charge in [0.05, 0.1) is 12.1 Å². The van der Waals surface area contributed by atoms with Crippen LogP contribution in [0, 0.1) is 0 Å². The molecule has 3 rings (SSSR count). The first-order chi connectivity index (χ1) is 9.52. The maximum Gasteiger partial charge on any atom is 0.332 e. The van der Waals surface area contributed by atoms with Crippen molar-refractivity contribution in [1.29, 1.82) is 0 Å². The first-order valence-corrected chi connectivity index (χ1v) is 6.59. The molecule has 5 heteroatoms. The topological polar surface area (TPSA) is 64.2 Å². The summed E-state index contributed by atoms with van der Waals surface area (Å²) in [6, 6.07) is 7.62. The highest BCUT2D eigenvalue weighted by atomic mass is 16.4. The minimum absolute atomic E-state index is 0.106. The van der Waals surface area contributed by atoms with Gasteiger partial charge < -0.3 is 9.67 Å². The Labute approximate surface area is 116 Å². The minimum Gasteiger partial charge on any atom is -0.481 e. The molecule has 0 amide bonds. The van der Waals surface area contributed by atoms with Gasteiger partial charge in [0.2, 0.25) is 0 Å². The second kappa shape index (κ2) is 4.37. The molecule has 1 saturated carbocycles. The van der Waals surface area contributed by atoms with E-state index in [1.165, 1.54) is 4.57 Å². The number of carboxylic acids is 1. The van der Waals surface area contributed by atoms with Crippen molar-refractivity contribution in [3.8, 4) is 5.69 Å². The van der Waals surface area contributed by atoms with Crippen molar-refractivity contribution in [3.05, 3.63) is 52.7 Å². The fourth-order valence-electron chi connectivity index (χ4n) is 2.65. The van der Waals surface area contributed by atoms with Gasteiger partial charge in [0.1, 0.15) is 0 Å². The zero-order chi connectivity index (χ0) is 14.3. The van der Waals surface area contributed by atoms with Crippen LogP contribution in [0.15, 0.2) is 41.5 Å². The van der Waals surface area contributed by atoms with Gasteiger partial charge in [-0.3, -0.25) is 9.36 Å². The average Bonchev–Trinajstić information content (AvgIpc) is 3.11. The molecule has 104 valence electrons. The van der Waals surface area contributed by atoms with Crippen molar-refractivity contribution in [3.63, 3.8) is 0 Å². The smallest absolute Gasteiger partial charge is 0.332 e. The molecule has 1 aromatic carbocycles. The maximum atomic E-state index is 12.0. The summed E-state index contributed by atoms with van der Waals surface area (Å²) < 4.78 is 3.08. The van der Waals surface area contributed by atoms with Gasteiger partial charge in [-0.1, -0.05) is 12.1 Å². The highest BCUT2D eigenvalue weighted by molar-refractivity contribution is 5.70. The molecule has 1 N–H and O–H groups in total. The third-order valence-corrected chi connectivity index (χ3v) is 4.03. The molecule has 5 nitrogen and oxygen atoms in total. The van der Waals surface area contributed by atoms with Crippen molar-refractivity contribution >= 4 is 5.97 Å². The van der Waals surface area contributed by atoms with Crippen LogP contribution in [-0.4, -0.2) is 20.2 Å². The quantitative estimate of drug-likeness (QED) is 0.921. The molecule has 0 atom stereocenters. The van der Waals surface area contributed by atoms with Gasteiger partial charge in [-0.05, 0) is 30.5 Å². The van der Waals surface area contributed by atoms with Gasteiger partial charge in [0.15, 0.2) is 0 Å². The lowest BCUT2D eigenvalue weighted by Crippen LogP contribution is -2.21. The van der Waals surface area contributed by atoms with E-state index >= 15 is 0 Å². The summed E-state index contributed by atoms with van der Waals surface area (Å²) in [6.07, 6.45) is 5.37. The lowest BCUT2D eigenvalue weighted by Gasteiger charge is -2.14. The first kappa shape index (κ1) is 12.7. The van der Waals surface area contributed by atoms with E-state index in [9.17, 15) is 9.59 Å². The van der Waals surface area contributed by atoms with E-state index < -0.39 is 5.97 Å². The van der Waals surface area contributed by atoms with Crippen LogP contribution in [0.25, 0.3) is 5.69 Å². The number of rotatable bonds is 4. The molecule has 0 spiro atoms. The normalized spacial score (nSPS) is 16.1. The molecule has 0 saturated heterocycles. The second-order valence-electron chi connectivity index (χ2n) is 5.46. The fraction of sp³-hybridized carbons (Fsp3) is 0.333. The molecule has 1 aromatic heterocycles. The zero-order valence-corrected chi connectivity index (χ0v) is 11.2. The molecule has 1 heterocycles. The fourth-order valence-corrected chi connectivity index (χ4v) is 2.65. The number of aryl methyl sites for hydroxylation is 1. The van der Waals surface area contributed by atoms with Crippen molar-refractivity contribution < 1.29 is 9.90 Å². The molecule has 0 bridgehead atoms. The second-order valence-corrected chi connectivity index (χ2v) is 5.46. The first-order valence-electron chi connectivity index (χ1n) is 6.59. The standard InChI is InChI=1S/C15H16N2O3/c1-16-7-8-17(14(16)20)12-4-2-3-11(9-12)15(5-6-15)10-13(18)19/h2-4,7-9H,5-6,10H2,1H3,(H,18,19). The van der Waals surface area contributed by atoms with Crippen LogP contribution in [-0.2, 0) is 17.3 Å². The number of carboxylic acid groups (broad SMARTS) is 1. The number of hydrogen-bond donors (Lipinski definition) is 1. The molecule has 1 fully saturated rings. The van der Waals surface area contributed by atoms with E-state index in [2.05, 4.69) is 0 Å². The largest absolute Gasteiger partial charge is 0.481 e. The van der Waals surface area contributed by atoms with E-state index in [1.807, 2.05) is 24.3 Å². The van der Waals surface area contributed by atoms with Crippen LogP contribution in [0.2, 0.25) is 0 Å². The molecule has 1 aliphatic rings. The third-order valence-electron chi connectivity index (χ3n) is 4.03. The van der Waals surface area contributed by atoms with Crippen LogP contribution in [0.1, 0.15) is 24.8 Å². The van der Waals surface area contributed by atoms with Gasteiger partial charge in [-0.15, -0.1) is 0 Å². The zero-order valence-electron chi connectivity index (χ0n) is 11.2. The summed E-state index contributed by atoms with van der Waals surface area (Å²) in [5.74, 6) is -0.773. The number of imidazole rings is 1. The SMILES string of the molecule is Cn1ccn(-c2cccc(C3(CC(=O)O)CC3)c2)c1=O. The van der Waals surface area contributed by atoms with E-state index in [1.54, 1.807) is 24.0 Å². The van der Waals surface area contributed by atoms with E-state index in [0.717, 1.165) is 24.1 Å². The number of nitrogens with zero attached hydrogens (tertiary/aromatic N) is 2. The van der Waals surface area contributed by atoms with Gasteiger partial charge in [0.25, 0.3) is 0 Å². The highest BCUT2D eigenvalue weighted by Crippen LogP contribution is 2.51. The lowest BCUT2D eigenvalue weighted by atomic mass is 9.92. The van der Waals surface area contributed by atoms with Gasteiger partial charge in [0, 0.05) is 24.9 Å². The Morgan fingerprint density at radius 1 is 1.35 bits per heavy atom. The van der Waals surface area contributed by atoms with Gasteiger partial charge >= 0.3 is 11.7 Å². The summed E-state index contributed by atoms with van der Waals surface area (Å²) in [5.41, 5.74) is 1.45. The van der Waals surface area contributed by atoms with Crippen molar-refractivity contribution in [2.75, 3.05) is 0 Å².